The van der Waals surface area contributed by atoms with Crippen molar-refractivity contribution in [3.63, 3.8) is 0 Å². The first-order valence-electron chi connectivity index (χ1n) is 6.82. The van der Waals surface area contributed by atoms with Gasteiger partial charge in [0.15, 0.2) is 0 Å². The fraction of sp³-hybridized carbons (Fsp3) is 0.235. The van der Waals surface area contributed by atoms with Crippen LogP contribution in [0.25, 0.3) is 0 Å². The van der Waals surface area contributed by atoms with Gasteiger partial charge in [-0.05, 0) is 36.2 Å². The van der Waals surface area contributed by atoms with Crippen molar-refractivity contribution in [3.8, 4) is 6.07 Å². The molecule has 0 aliphatic carbocycles. The molecule has 0 aliphatic rings. The van der Waals surface area contributed by atoms with Crippen LogP contribution in [-0.4, -0.2) is 6.61 Å². The van der Waals surface area contributed by atoms with Crippen LogP contribution in [0.3, 0.4) is 0 Å². The van der Waals surface area contributed by atoms with E-state index in [4.69, 9.17) is 21.6 Å². The van der Waals surface area contributed by atoms with Crippen molar-refractivity contribution in [2.75, 3.05) is 11.9 Å². The first-order valence-corrected chi connectivity index (χ1v) is 7.20. The molecule has 0 heterocycles. The number of nitrogens with one attached hydrogen (secondary N) is 1. The Kier molecular flexibility index (Phi) is 5.62. The van der Waals surface area contributed by atoms with E-state index in [-0.39, 0.29) is 0 Å². The number of rotatable bonds is 6. The van der Waals surface area contributed by atoms with E-state index in [1.165, 1.54) is 11.1 Å². The molecular weight excluding hydrogens is 284 g/mol. The minimum atomic E-state index is 0.463. The van der Waals surface area contributed by atoms with E-state index in [0.717, 1.165) is 5.69 Å². The Bertz CT molecular complexity index is 649. The number of nitrogens with zero attached hydrogens (tertiary/aromatic N) is 1. The van der Waals surface area contributed by atoms with Crippen molar-refractivity contribution >= 4 is 17.3 Å². The van der Waals surface area contributed by atoms with Crippen LogP contribution in [0.2, 0.25) is 5.02 Å². The summed E-state index contributed by atoms with van der Waals surface area (Å²) in [5.74, 6) is 0. The average Bonchev–Trinajstić information content (AvgIpc) is 2.52. The molecule has 3 nitrogen and oxygen atoms in total. The predicted octanol–water partition coefficient (Wildman–Crippen LogP) is 4.36. The maximum Gasteiger partial charge on any atom is 0.101 e. The van der Waals surface area contributed by atoms with Crippen molar-refractivity contribution < 1.29 is 4.74 Å². The second-order valence-corrected chi connectivity index (χ2v) is 4.97. The zero-order valence-corrected chi connectivity index (χ0v) is 12.7. The molecule has 0 aromatic heterocycles. The molecule has 1 N–H and O–H groups in total. The van der Waals surface area contributed by atoms with Crippen LogP contribution >= 0.6 is 11.6 Å². The molecule has 2 rings (SSSR count). The molecule has 0 aliphatic heterocycles. The Morgan fingerprint density at radius 3 is 2.62 bits per heavy atom. The second kappa shape index (κ2) is 7.68. The van der Waals surface area contributed by atoms with Crippen molar-refractivity contribution in [2.45, 2.75) is 20.1 Å². The summed E-state index contributed by atoms with van der Waals surface area (Å²) in [7, 11) is 0. The number of hydrogen-bond acceptors (Lipinski definition) is 3. The highest BCUT2D eigenvalue weighted by Gasteiger charge is 2.04. The third-order valence-electron chi connectivity index (χ3n) is 3.15. The molecule has 0 unspecified atom stereocenters. The first kappa shape index (κ1) is 15.4. The van der Waals surface area contributed by atoms with Gasteiger partial charge in [0.05, 0.1) is 17.2 Å². The van der Waals surface area contributed by atoms with Crippen LogP contribution in [-0.2, 0) is 17.9 Å². The Morgan fingerprint density at radius 2 is 1.95 bits per heavy atom. The van der Waals surface area contributed by atoms with Gasteiger partial charge in [0.25, 0.3) is 0 Å². The smallest absolute Gasteiger partial charge is 0.101 e. The number of anilines is 1. The van der Waals surface area contributed by atoms with Crippen LogP contribution in [0, 0.1) is 11.3 Å². The Morgan fingerprint density at radius 1 is 1.19 bits per heavy atom. The van der Waals surface area contributed by atoms with Gasteiger partial charge in [0.1, 0.15) is 6.07 Å². The van der Waals surface area contributed by atoms with Gasteiger partial charge >= 0.3 is 0 Å². The highest BCUT2D eigenvalue weighted by atomic mass is 35.5. The third-order valence-corrected chi connectivity index (χ3v) is 3.47. The maximum absolute atomic E-state index is 8.87. The summed E-state index contributed by atoms with van der Waals surface area (Å²) in [5.41, 5.74) is 3.74. The number of hydrogen-bond donors (Lipinski definition) is 1. The van der Waals surface area contributed by atoms with Crippen LogP contribution < -0.4 is 5.32 Å². The number of halogens is 1. The number of benzene rings is 2. The first-order chi connectivity index (χ1) is 10.2. The monoisotopic (exact) mass is 300 g/mol. The predicted molar refractivity (Wildman–Crippen MR) is 85.3 cm³/mol. The summed E-state index contributed by atoms with van der Waals surface area (Å²) in [4.78, 5) is 0. The normalized spacial score (nSPS) is 10.1. The van der Waals surface area contributed by atoms with Crippen molar-refractivity contribution in [2.24, 2.45) is 0 Å². The lowest BCUT2D eigenvalue weighted by atomic mass is 10.1. The zero-order valence-electron chi connectivity index (χ0n) is 11.9. The fourth-order valence-electron chi connectivity index (χ4n) is 2.00. The van der Waals surface area contributed by atoms with E-state index < -0.39 is 0 Å². The molecule has 0 spiro atoms. The summed E-state index contributed by atoms with van der Waals surface area (Å²) >= 11 is 6.03. The average molecular weight is 301 g/mol. The quantitative estimate of drug-likeness (QED) is 0.862. The molecule has 4 heteroatoms. The standard InChI is InChI=1S/C17H17ClN2O/c1-2-21-12-15-6-4-3-5-14(15)11-20-16-8-7-13(10-19)17(18)9-16/h3-9,20H,2,11-12H2,1H3. The van der Waals surface area contributed by atoms with E-state index in [9.17, 15) is 0 Å². The molecular formula is C17H17ClN2O. The number of nitriles is 1. The van der Waals surface area contributed by atoms with Gasteiger partial charge in [-0.25, -0.2) is 0 Å². The Hall–Kier alpha value is -2.02. The molecule has 2 aromatic rings. The lowest BCUT2D eigenvalue weighted by Crippen LogP contribution is -2.04. The molecule has 0 amide bonds. The minimum Gasteiger partial charge on any atom is -0.381 e. The SMILES string of the molecule is CCOCc1ccccc1CNc1ccc(C#N)c(Cl)c1. The van der Waals surface area contributed by atoms with Gasteiger partial charge in [-0.3, -0.25) is 0 Å². The highest BCUT2D eigenvalue weighted by molar-refractivity contribution is 6.32. The lowest BCUT2D eigenvalue weighted by Gasteiger charge is -2.12. The molecule has 0 saturated heterocycles. The van der Waals surface area contributed by atoms with Crippen molar-refractivity contribution in [3.05, 3.63) is 64.2 Å². The van der Waals surface area contributed by atoms with Gasteiger partial charge in [-0.2, -0.15) is 5.26 Å². The van der Waals surface area contributed by atoms with E-state index in [1.54, 1.807) is 12.1 Å². The van der Waals surface area contributed by atoms with Crippen LogP contribution in [0.1, 0.15) is 23.6 Å². The Labute approximate surface area is 130 Å². The summed E-state index contributed by atoms with van der Waals surface area (Å²) in [6.45, 7) is 3.99. The molecule has 2 aromatic carbocycles. The largest absolute Gasteiger partial charge is 0.381 e. The molecule has 0 saturated carbocycles. The van der Waals surface area contributed by atoms with Crippen molar-refractivity contribution in [1.29, 1.82) is 5.26 Å². The molecule has 0 radical (unpaired) electrons. The van der Waals surface area contributed by atoms with Gasteiger partial charge in [-0.1, -0.05) is 35.9 Å². The molecule has 0 fully saturated rings. The molecule has 0 bridgehead atoms. The summed E-state index contributed by atoms with van der Waals surface area (Å²) in [6, 6.07) is 15.6. The fourth-order valence-corrected chi connectivity index (χ4v) is 2.22. The van der Waals surface area contributed by atoms with Gasteiger partial charge in [0, 0.05) is 18.8 Å². The second-order valence-electron chi connectivity index (χ2n) is 4.57. The third kappa shape index (κ3) is 4.22. The van der Waals surface area contributed by atoms with Crippen molar-refractivity contribution in [1.82, 2.24) is 0 Å². The lowest BCUT2D eigenvalue weighted by molar-refractivity contribution is 0.133. The van der Waals surface area contributed by atoms with E-state index >= 15 is 0 Å². The van der Waals surface area contributed by atoms with Gasteiger partial charge in [-0.15, -0.1) is 0 Å². The molecule has 108 valence electrons. The van der Waals surface area contributed by atoms with Crippen LogP contribution in [0.15, 0.2) is 42.5 Å². The van der Waals surface area contributed by atoms with Crippen LogP contribution in [0.4, 0.5) is 5.69 Å². The highest BCUT2D eigenvalue weighted by Crippen LogP contribution is 2.21. The number of ether oxygens (including phenoxy) is 1. The molecule has 21 heavy (non-hydrogen) atoms. The summed E-state index contributed by atoms with van der Waals surface area (Å²) in [6.07, 6.45) is 0. The topological polar surface area (TPSA) is 45.0 Å². The summed E-state index contributed by atoms with van der Waals surface area (Å²) < 4.78 is 5.48. The minimum absolute atomic E-state index is 0.463. The van der Waals surface area contributed by atoms with Gasteiger partial charge < -0.3 is 10.1 Å². The zero-order chi connectivity index (χ0) is 15.1. The Balaban J connectivity index is 2.06. The maximum atomic E-state index is 8.87. The van der Waals surface area contributed by atoms with E-state index in [1.807, 2.05) is 25.1 Å². The van der Waals surface area contributed by atoms with Gasteiger partial charge in [0.2, 0.25) is 0 Å². The molecule has 0 atom stereocenters. The summed E-state index contributed by atoms with van der Waals surface area (Å²) in [5, 5.41) is 12.7. The van der Waals surface area contributed by atoms with E-state index in [0.29, 0.717) is 30.3 Å². The van der Waals surface area contributed by atoms with E-state index in [2.05, 4.69) is 23.5 Å². The van der Waals surface area contributed by atoms with Crippen LogP contribution in [0.5, 0.6) is 0 Å².